The highest BCUT2D eigenvalue weighted by molar-refractivity contribution is 6.36. The molecule has 0 unspecified atom stereocenters. The third kappa shape index (κ3) is 4.18. The number of aromatic nitrogens is 4. The number of anilines is 1. The molecule has 11 heteroatoms. The highest BCUT2D eigenvalue weighted by Gasteiger charge is 2.20. The van der Waals surface area contributed by atoms with Crippen molar-refractivity contribution in [3.63, 3.8) is 0 Å². The molecule has 9 nitrogen and oxygen atoms in total. The summed E-state index contributed by atoms with van der Waals surface area (Å²) in [7, 11) is 2.97. The van der Waals surface area contributed by atoms with Gasteiger partial charge in [-0.25, -0.2) is 4.79 Å². The molecule has 2 aromatic heterocycles. The Labute approximate surface area is 176 Å². The first kappa shape index (κ1) is 21.4. The topological polar surface area (TPSA) is 103 Å². The first-order valence-electron chi connectivity index (χ1n) is 8.88. The lowest BCUT2D eigenvalue weighted by Crippen LogP contribution is -2.37. The maximum atomic E-state index is 12.9. The number of imidazole rings is 1. The number of nitrogens with zero attached hydrogens (tertiary/aromatic N) is 4. The second-order valence-electron chi connectivity index (χ2n) is 6.36. The van der Waals surface area contributed by atoms with E-state index < -0.39 is 11.2 Å². The number of rotatable bonds is 8. The standard InChI is InChI=1S/C18H21Cl2N5O4/c1-23-15-14(16(27)24(2)18(23)28)25(10-11-12(19)4-3-5-13(11)20)17(22-15)21-6-8-29-9-7-26/h3-5,26H,6-10H2,1-2H3,(H,21,22). The van der Waals surface area contributed by atoms with Crippen LogP contribution in [0.4, 0.5) is 5.95 Å². The molecule has 29 heavy (non-hydrogen) atoms. The average Bonchev–Trinajstić information content (AvgIpc) is 3.06. The molecule has 0 saturated heterocycles. The molecule has 1 aromatic carbocycles. The molecule has 156 valence electrons. The molecule has 0 aliphatic heterocycles. The van der Waals surface area contributed by atoms with Crippen LogP contribution in [0.3, 0.4) is 0 Å². The average molecular weight is 442 g/mol. The summed E-state index contributed by atoms with van der Waals surface area (Å²) in [6.45, 7) is 1.05. The molecule has 0 spiro atoms. The van der Waals surface area contributed by atoms with Gasteiger partial charge in [-0.2, -0.15) is 4.98 Å². The van der Waals surface area contributed by atoms with Crippen LogP contribution in [0.25, 0.3) is 11.2 Å². The zero-order valence-electron chi connectivity index (χ0n) is 16.0. The Hall–Kier alpha value is -2.33. The summed E-state index contributed by atoms with van der Waals surface area (Å²) in [5, 5.41) is 12.8. The third-order valence-corrected chi connectivity index (χ3v) is 5.20. The van der Waals surface area contributed by atoms with Crippen LogP contribution in [-0.2, 0) is 25.4 Å². The summed E-state index contributed by atoms with van der Waals surface area (Å²) in [5.74, 6) is 0.377. The molecule has 3 aromatic rings. The maximum Gasteiger partial charge on any atom is 0.332 e. The molecule has 3 rings (SSSR count). The van der Waals surface area contributed by atoms with Gasteiger partial charge < -0.3 is 15.2 Å². The molecule has 0 saturated carbocycles. The minimum atomic E-state index is -0.472. The van der Waals surface area contributed by atoms with Crippen LogP contribution in [0.1, 0.15) is 5.56 Å². The maximum absolute atomic E-state index is 12.9. The number of ether oxygens (including phenoxy) is 1. The van der Waals surface area contributed by atoms with Gasteiger partial charge in [0.2, 0.25) is 5.95 Å². The van der Waals surface area contributed by atoms with Gasteiger partial charge in [0.05, 0.1) is 26.4 Å². The number of aliphatic hydroxyl groups excluding tert-OH is 1. The van der Waals surface area contributed by atoms with Crippen LogP contribution < -0.4 is 16.6 Å². The van der Waals surface area contributed by atoms with Crippen molar-refractivity contribution in [2.75, 3.05) is 31.7 Å². The van der Waals surface area contributed by atoms with E-state index in [0.29, 0.717) is 34.7 Å². The minimum absolute atomic E-state index is 0.0678. The van der Waals surface area contributed by atoms with Crippen molar-refractivity contribution in [2.24, 2.45) is 14.1 Å². The smallest absolute Gasteiger partial charge is 0.332 e. The fraction of sp³-hybridized carbons (Fsp3) is 0.389. The van der Waals surface area contributed by atoms with Crippen LogP contribution >= 0.6 is 23.2 Å². The van der Waals surface area contributed by atoms with Crippen molar-refractivity contribution < 1.29 is 9.84 Å². The van der Waals surface area contributed by atoms with Gasteiger partial charge in [-0.05, 0) is 12.1 Å². The fourth-order valence-corrected chi connectivity index (χ4v) is 3.50. The number of aliphatic hydroxyl groups is 1. The van der Waals surface area contributed by atoms with Crippen molar-refractivity contribution >= 4 is 40.3 Å². The lowest BCUT2D eigenvalue weighted by atomic mass is 10.2. The van der Waals surface area contributed by atoms with Gasteiger partial charge in [-0.1, -0.05) is 29.3 Å². The molecule has 0 fully saturated rings. The van der Waals surface area contributed by atoms with Crippen molar-refractivity contribution in [2.45, 2.75) is 6.54 Å². The number of hydrogen-bond donors (Lipinski definition) is 2. The Morgan fingerprint density at radius 1 is 1.14 bits per heavy atom. The summed E-state index contributed by atoms with van der Waals surface area (Å²) in [5.41, 5.74) is 0.194. The highest BCUT2D eigenvalue weighted by Crippen LogP contribution is 2.27. The van der Waals surface area contributed by atoms with Gasteiger partial charge in [0, 0.05) is 36.2 Å². The van der Waals surface area contributed by atoms with Crippen molar-refractivity contribution in [1.29, 1.82) is 0 Å². The van der Waals surface area contributed by atoms with E-state index in [1.165, 1.54) is 11.6 Å². The van der Waals surface area contributed by atoms with Gasteiger partial charge in [0.1, 0.15) is 0 Å². The zero-order valence-corrected chi connectivity index (χ0v) is 17.5. The lowest BCUT2D eigenvalue weighted by molar-refractivity contribution is 0.0991. The Kier molecular flexibility index (Phi) is 6.63. The number of benzene rings is 1. The molecule has 0 bridgehead atoms. The van der Waals surface area contributed by atoms with E-state index in [1.54, 1.807) is 29.8 Å². The summed E-state index contributed by atoms with van der Waals surface area (Å²) in [6, 6.07) is 5.16. The van der Waals surface area contributed by atoms with Gasteiger partial charge in [-0.15, -0.1) is 0 Å². The number of aryl methyl sites for hydroxylation is 1. The Morgan fingerprint density at radius 3 is 2.48 bits per heavy atom. The quantitative estimate of drug-likeness (QED) is 0.509. The first-order chi connectivity index (χ1) is 13.9. The van der Waals surface area contributed by atoms with E-state index >= 15 is 0 Å². The first-order valence-corrected chi connectivity index (χ1v) is 9.64. The second kappa shape index (κ2) is 9.00. The van der Waals surface area contributed by atoms with Crippen LogP contribution in [-0.4, -0.2) is 50.2 Å². The third-order valence-electron chi connectivity index (χ3n) is 4.49. The van der Waals surface area contributed by atoms with Crippen molar-refractivity contribution in [1.82, 2.24) is 18.7 Å². The normalized spacial score (nSPS) is 11.3. The van der Waals surface area contributed by atoms with E-state index in [4.69, 9.17) is 33.0 Å². The number of halogens is 2. The molecule has 0 atom stereocenters. The van der Waals surface area contributed by atoms with E-state index in [2.05, 4.69) is 10.3 Å². The molecule has 2 N–H and O–H groups in total. The van der Waals surface area contributed by atoms with Crippen LogP contribution in [0.5, 0.6) is 0 Å². The molecular formula is C18H21Cl2N5O4. The summed E-state index contributed by atoms with van der Waals surface area (Å²) in [4.78, 5) is 29.6. The Bertz CT molecular complexity index is 1130. The van der Waals surface area contributed by atoms with Gasteiger partial charge >= 0.3 is 5.69 Å². The molecular weight excluding hydrogens is 421 g/mol. The monoisotopic (exact) mass is 441 g/mol. The SMILES string of the molecule is Cn1c(=O)c2c(nc(NCCOCCO)n2Cc2c(Cl)cccc2Cl)n(C)c1=O. The minimum Gasteiger partial charge on any atom is -0.394 e. The molecule has 0 aliphatic rings. The van der Waals surface area contributed by atoms with Gasteiger partial charge in [-0.3, -0.25) is 18.5 Å². The van der Waals surface area contributed by atoms with E-state index in [1.807, 2.05) is 0 Å². The molecule has 2 heterocycles. The summed E-state index contributed by atoms with van der Waals surface area (Å²) >= 11 is 12.6. The summed E-state index contributed by atoms with van der Waals surface area (Å²) in [6.07, 6.45) is 0. The van der Waals surface area contributed by atoms with Crippen LogP contribution in [0.2, 0.25) is 10.0 Å². The van der Waals surface area contributed by atoms with Crippen LogP contribution in [0.15, 0.2) is 27.8 Å². The van der Waals surface area contributed by atoms with E-state index in [-0.39, 0.29) is 30.9 Å². The van der Waals surface area contributed by atoms with Gasteiger partial charge in [0.15, 0.2) is 11.2 Å². The van der Waals surface area contributed by atoms with Crippen LogP contribution in [0, 0.1) is 0 Å². The Balaban J connectivity index is 2.12. The largest absolute Gasteiger partial charge is 0.394 e. The zero-order chi connectivity index (χ0) is 21.1. The second-order valence-corrected chi connectivity index (χ2v) is 7.18. The fourth-order valence-electron chi connectivity index (χ4n) is 2.98. The number of hydrogen-bond acceptors (Lipinski definition) is 6. The number of nitrogens with one attached hydrogen (secondary N) is 1. The van der Waals surface area contributed by atoms with Crippen molar-refractivity contribution in [3.8, 4) is 0 Å². The van der Waals surface area contributed by atoms with E-state index in [0.717, 1.165) is 4.57 Å². The molecule has 0 aliphatic carbocycles. The predicted octanol–water partition coefficient (Wildman–Crippen LogP) is 1.21. The molecule has 0 radical (unpaired) electrons. The van der Waals surface area contributed by atoms with Crippen molar-refractivity contribution in [3.05, 3.63) is 54.6 Å². The number of fused-ring (bicyclic) bond motifs is 1. The summed E-state index contributed by atoms with van der Waals surface area (Å²) < 4.78 is 9.24. The highest BCUT2D eigenvalue weighted by atomic mass is 35.5. The lowest BCUT2D eigenvalue weighted by Gasteiger charge is -2.13. The molecule has 0 amide bonds. The van der Waals surface area contributed by atoms with Gasteiger partial charge in [0.25, 0.3) is 5.56 Å². The predicted molar refractivity (Wildman–Crippen MR) is 112 cm³/mol. The Morgan fingerprint density at radius 2 is 1.83 bits per heavy atom. The van der Waals surface area contributed by atoms with E-state index in [9.17, 15) is 9.59 Å².